The van der Waals surface area contributed by atoms with Crippen LogP contribution in [0.4, 0.5) is 0 Å². The summed E-state index contributed by atoms with van der Waals surface area (Å²) in [5, 5.41) is 3.07. The fraction of sp³-hybridized carbons (Fsp3) is 0.909. The van der Waals surface area contributed by atoms with Gasteiger partial charge in [-0.1, -0.05) is 12.8 Å². The normalized spacial score (nSPS) is 19.2. The first-order chi connectivity index (χ1) is 6.58. The van der Waals surface area contributed by atoms with Gasteiger partial charge < -0.3 is 10.2 Å². The van der Waals surface area contributed by atoms with Crippen LogP contribution in [-0.2, 0) is 4.79 Å². The van der Waals surface area contributed by atoms with Gasteiger partial charge in [0.2, 0.25) is 5.91 Å². The molecule has 1 heterocycles. The van der Waals surface area contributed by atoms with Crippen molar-refractivity contribution in [3.8, 4) is 0 Å². The van der Waals surface area contributed by atoms with Crippen molar-refractivity contribution in [2.75, 3.05) is 20.1 Å². The molecule has 1 fully saturated rings. The number of nitrogens with one attached hydrogen (secondary N) is 1. The van der Waals surface area contributed by atoms with Gasteiger partial charge in [0.15, 0.2) is 0 Å². The van der Waals surface area contributed by atoms with Crippen LogP contribution in [0.5, 0.6) is 0 Å². The molecule has 3 nitrogen and oxygen atoms in total. The van der Waals surface area contributed by atoms with E-state index in [4.69, 9.17) is 0 Å². The van der Waals surface area contributed by atoms with Gasteiger partial charge in [0.05, 0.1) is 5.54 Å². The van der Waals surface area contributed by atoms with Gasteiger partial charge in [-0.25, -0.2) is 0 Å². The van der Waals surface area contributed by atoms with Crippen LogP contribution in [-0.4, -0.2) is 36.5 Å². The summed E-state index contributed by atoms with van der Waals surface area (Å²) in [4.78, 5) is 14.1. The van der Waals surface area contributed by atoms with Gasteiger partial charge in [0.25, 0.3) is 0 Å². The monoisotopic (exact) mass is 198 g/mol. The van der Waals surface area contributed by atoms with Gasteiger partial charge in [-0.05, 0) is 33.7 Å². The van der Waals surface area contributed by atoms with Crippen molar-refractivity contribution in [3.63, 3.8) is 0 Å². The Balaban J connectivity index is 2.58. The Labute approximate surface area is 86.9 Å². The minimum Gasteiger partial charge on any atom is -0.341 e. The molecule has 0 bridgehead atoms. The van der Waals surface area contributed by atoms with E-state index in [0.717, 1.165) is 25.9 Å². The van der Waals surface area contributed by atoms with Crippen molar-refractivity contribution in [1.29, 1.82) is 0 Å². The van der Waals surface area contributed by atoms with E-state index in [1.54, 1.807) is 0 Å². The number of carbonyl (C=O) groups is 1. The van der Waals surface area contributed by atoms with E-state index >= 15 is 0 Å². The first-order valence-electron chi connectivity index (χ1n) is 5.56. The molecule has 1 amide bonds. The molecule has 1 rings (SSSR count). The van der Waals surface area contributed by atoms with Crippen LogP contribution in [0.15, 0.2) is 0 Å². The summed E-state index contributed by atoms with van der Waals surface area (Å²) in [6.07, 6.45) is 4.85. The van der Waals surface area contributed by atoms with Gasteiger partial charge >= 0.3 is 0 Å². The molecule has 1 saturated heterocycles. The number of carbonyl (C=O) groups excluding carboxylic acids is 1. The Kier molecular flexibility index (Phi) is 3.93. The number of amides is 1. The molecular formula is C11H22N2O. The van der Waals surface area contributed by atoms with E-state index in [0.29, 0.717) is 0 Å². The average molecular weight is 198 g/mol. The molecule has 0 saturated carbocycles. The van der Waals surface area contributed by atoms with Crippen molar-refractivity contribution in [2.45, 2.75) is 45.1 Å². The van der Waals surface area contributed by atoms with Gasteiger partial charge in [-0.2, -0.15) is 0 Å². The van der Waals surface area contributed by atoms with Crippen LogP contribution in [0.2, 0.25) is 0 Å². The maximum absolute atomic E-state index is 12.1. The van der Waals surface area contributed by atoms with Crippen molar-refractivity contribution in [3.05, 3.63) is 0 Å². The van der Waals surface area contributed by atoms with Crippen LogP contribution in [0.3, 0.4) is 0 Å². The molecule has 0 spiro atoms. The molecule has 0 unspecified atom stereocenters. The minimum absolute atomic E-state index is 0.238. The third-order valence-electron chi connectivity index (χ3n) is 3.05. The Morgan fingerprint density at radius 2 is 1.64 bits per heavy atom. The molecule has 3 heteroatoms. The summed E-state index contributed by atoms with van der Waals surface area (Å²) >= 11 is 0. The summed E-state index contributed by atoms with van der Waals surface area (Å²) in [6, 6.07) is 0. The Morgan fingerprint density at radius 3 is 2.07 bits per heavy atom. The van der Waals surface area contributed by atoms with Gasteiger partial charge in [0.1, 0.15) is 0 Å². The zero-order valence-corrected chi connectivity index (χ0v) is 9.60. The topological polar surface area (TPSA) is 32.3 Å². The molecule has 0 atom stereocenters. The van der Waals surface area contributed by atoms with Crippen LogP contribution in [0, 0.1) is 0 Å². The fourth-order valence-corrected chi connectivity index (χ4v) is 1.78. The number of rotatable bonds is 2. The smallest absolute Gasteiger partial charge is 0.242 e. The SMILES string of the molecule is CNC(C)(C)C(=O)N1CCCCCC1. The van der Waals surface area contributed by atoms with Crippen molar-refractivity contribution in [2.24, 2.45) is 0 Å². The molecule has 0 aromatic carbocycles. The summed E-state index contributed by atoms with van der Waals surface area (Å²) < 4.78 is 0. The van der Waals surface area contributed by atoms with E-state index in [9.17, 15) is 4.79 Å². The van der Waals surface area contributed by atoms with Crippen molar-refractivity contribution in [1.82, 2.24) is 10.2 Å². The van der Waals surface area contributed by atoms with Crippen LogP contribution in [0.1, 0.15) is 39.5 Å². The zero-order valence-electron chi connectivity index (χ0n) is 9.60. The highest BCUT2D eigenvalue weighted by Crippen LogP contribution is 2.14. The van der Waals surface area contributed by atoms with Crippen molar-refractivity contribution < 1.29 is 4.79 Å². The Bertz CT molecular complexity index is 193. The Morgan fingerprint density at radius 1 is 1.14 bits per heavy atom. The first kappa shape index (κ1) is 11.5. The lowest BCUT2D eigenvalue weighted by atomic mass is 10.0. The quantitative estimate of drug-likeness (QED) is 0.727. The molecule has 1 aliphatic rings. The summed E-state index contributed by atoms with van der Waals surface area (Å²) in [7, 11) is 1.84. The number of likely N-dealkylation sites (N-methyl/N-ethyl adjacent to an activating group) is 1. The first-order valence-corrected chi connectivity index (χ1v) is 5.56. The molecule has 0 aromatic rings. The third-order valence-corrected chi connectivity index (χ3v) is 3.05. The fourth-order valence-electron chi connectivity index (χ4n) is 1.78. The molecule has 0 aliphatic carbocycles. The summed E-state index contributed by atoms with van der Waals surface area (Å²) in [5.41, 5.74) is -0.412. The molecule has 82 valence electrons. The summed E-state index contributed by atoms with van der Waals surface area (Å²) in [5.74, 6) is 0.238. The van der Waals surface area contributed by atoms with Crippen LogP contribution < -0.4 is 5.32 Å². The molecular weight excluding hydrogens is 176 g/mol. The number of nitrogens with zero attached hydrogens (tertiary/aromatic N) is 1. The van der Waals surface area contributed by atoms with Crippen LogP contribution in [0.25, 0.3) is 0 Å². The van der Waals surface area contributed by atoms with E-state index in [1.165, 1.54) is 12.8 Å². The van der Waals surface area contributed by atoms with Crippen molar-refractivity contribution >= 4 is 5.91 Å². The standard InChI is InChI=1S/C11H22N2O/c1-11(2,12-3)10(14)13-8-6-4-5-7-9-13/h12H,4-9H2,1-3H3. The summed E-state index contributed by atoms with van der Waals surface area (Å²) in [6.45, 7) is 5.76. The zero-order chi connectivity index (χ0) is 10.6. The highest BCUT2D eigenvalue weighted by atomic mass is 16.2. The van der Waals surface area contributed by atoms with Gasteiger partial charge in [0, 0.05) is 13.1 Å². The predicted octanol–water partition coefficient (Wildman–Crippen LogP) is 1.39. The predicted molar refractivity (Wildman–Crippen MR) is 58.2 cm³/mol. The van der Waals surface area contributed by atoms with Crippen LogP contribution >= 0.6 is 0 Å². The highest BCUT2D eigenvalue weighted by Gasteiger charge is 2.30. The molecule has 1 aliphatic heterocycles. The molecule has 0 radical (unpaired) electrons. The van der Waals surface area contributed by atoms with Gasteiger partial charge in [-0.15, -0.1) is 0 Å². The van der Waals surface area contributed by atoms with Gasteiger partial charge in [-0.3, -0.25) is 4.79 Å². The maximum Gasteiger partial charge on any atom is 0.242 e. The number of hydrogen-bond acceptors (Lipinski definition) is 2. The van der Waals surface area contributed by atoms with E-state index in [2.05, 4.69) is 5.32 Å². The van der Waals surface area contributed by atoms with E-state index in [-0.39, 0.29) is 5.91 Å². The van der Waals surface area contributed by atoms with E-state index < -0.39 is 5.54 Å². The molecule has 14 heavy (non-hydrogen) atoms. The second-order valence-corrected chi connectivity index (χ2v) is 4.58. The maximum atomic E-state index is 12.1. The second-order valence-electron chi connectivity index (χ2n) is 4.58. The molecule has 0 aromatic heterocycles. The lowest BCUT2D eigenvalue weighted by molar-refractivity contribution is -0.136. The second kappa shape index (κ2) is 4.78. The average Bonchev–Trinajstić information content (AvgIpc) is 2.44. The lowest BCUT2D eigenvalue weighted by Gasteiger charge is -2.30. The third kappa shape index (κ3) is 2.71. The Hall–Kier alpha value is -0.570. The highest BCUT2D eigenvalue weighted by molar-refractivity contribution is 5.85. The minimum atomic E-state index is -0.412. The largest absolute Gasteiger partial charge is 0.341 e. The number of likely N-dealkylation sites (tertiary alicyclic amines) is 1. The number of hydrogen-bond donors (Lipinski definition) is 1. The molecule has 1 N–H and O–H groups in total. The lowest BCUT2D eigenvalue weighted by Crippen LogP contribution is -2.53. The van der Waals surface area contributed by atoms with E-state index in [1.807, 2.05) is 25.8 Å².